The summed E-state index contributed by atoms with van der Waals surface area (Å²) in [5, 5.41) is 5.81. The molecule has 3 rings (SSSR count). The number of carbonyl (C=O) groups is 2. The van der Waals surface area contributed by atoms with Gasteiger partial charge in [-0.05, 0) is 11.6 Å². The lowest BCUT2D eigenvalue weighted by Crippen LogP contribution is -2.48. The average molecular weight is 421 g/mol. The first-order chi connectivity index (χ1) is 12.0. The maximum Gasteiger partial charge on any atom is 0.237 e. The van der Waals surface area contributed by atoms with E-state index in [-0.39, 0.29) is 49.6 Å². The Morgan fingerprint density at radius 1 is 1.19 bits per heavy atom. The fraction of sp³-hybridized carbons (Fsp3) is 0.556. The van der Waals surface area contributed by atoms with Gasteiger partial charge >= 0.3 is 0 Å². The smallest absolute Gasteiger partial charge is 0.237 e. The second kappa shape index (κ2) is 10.7. The van der Waals surface area contributed by atoms with Crippen LogP contribution in [-0.4, -0.2) is 61.7 Å². The summed E-state index contributed by atoms with van der Waals surface area (Å²) in [6.45, 7) is 5.22. The fourth-order valence-corrected chi connectivity index (χ4v) is 3.43. The summed E-state index contributed by atoms with van der Waals surface area (Å²) < 4.78 is 13.2. The van der Waals surface area contributed by atoms with E-state index >= 15 is 0 Å². The standard InChI is InChI=1S/C18H25FN4O2.2ClH/c1-13(24)22-6-8-23(9-7-22)17-5-3-2-4-14(17)11-21-18(25)16-10-15(19)12-20-16;;/h2-5,15-16,20H,6-12H2,1H3,(H,21,25);2*1H/t15-,16+;;/m0../s1. The molecule has 2 heterocycles. The molecule has 1 aromatic carbocycles. The minimum absolute atomic E-state index is 0. The van der Waals surface area contributed by atoms with Gasteiger partial charge < -0.3 is 20.4 Å². The zero-order valence-corrected chi connectivity index (χ0v) is 17.0. The monoisotopic (exact) mass is 420 g/mol. The molecule has 0 aromatic heterocycles. The molecule has 2 aliphatic rings. The number of amides is 2. The predicted molar refractivity (Wildman–Crippen MR) is 109 cm³/mol. The second-order valence-corrected chi connectivity index (χ2v) is 6.63. The van der Waals surface area contributed by atoms with Gasteiger partial charge in [-0.1, -0.05) is 18.2 Å². The molecule has 6 nitrogen and oxygen atoms in total. The lowest BCUT2D eigenvalue weighted by molar-refractivity contribution is -0.129. The van der Waals surface area contributed by atoms with E-state index in [0.29, 0.717) is 19.6 Å². The molecule has 0 spiro atoms. The van der Waals surface area contributed by atoms with Crippen LogP contribution in [0, 0.1) is 0 Å². The van der Waals surface area contributed by atoms with Gasteiger partial charge in [0.1, 0.15) is 6.17 Å². The maximum atomic E-state index is 13.2. The van der Waals surface area contributed by atoms with E-state index in [1.54, 1.807) is 6.92 Å². The molecule has 1 aromatic rings. The van der Waals surface area contributed by atoms with E-state index in [0.717, 1.165) is 24.3 Å². The van der Waals surface area contributed by atoms with Gasteiger partial charge in [-0.15, -0.1) is 24.8 Å². The van der Waals surface area contributed by atoms with Crippen LogP contribution in [0.2, 0.25) is 0 Å². The molecule has 0 aliphatic carbocycles. The van der Waals surface area contributed by atoms with Crippen LogP contribution in [-0.2, 0) is 16.1 Å². The van der Waals surface area contributed by atoms with Crippen molar-refractivity contribution in [3.63, 3.8) is 0 Å². The molecule has 9 heteroatoms. The normalized spacial score (nSPS) is 21.9. The second-order valence-electron chi connectivity index (χ2n) is 6.63. The number of nitrogens with zero attached hydrogens (tertiary/aromatic N) is 2. The van der Waals surface area contributed by atoms with Gasteiger partial charge in [0.25, 0.3) is 0 Å². The maximum absolute atomic E-state index is 13.2. The van der Waals surface area contributed by atoms with Crippen LogP contribution in [0.3, 0.4) is 0 Å². The van der Waals surface area contributed by atoms with Crippen LogP contribution in [0.5, 0.6) is 0 Å². The topological polar surface area (TPSA) is 64.7 Å². The third-order valence-corrected chi connectivity index (χ3v) is 4.90. The summed E-state index contributed by atoms with van der Waals surface area (Å²) in [5.41, 5.74) is 2.11. The first-order valence-corrected chi connectivity index (χ1v) is 8.78. The molecule has 152 valence electrons. The minimum atomic E-state index is -0.944. The minimum Gasteiger partial charge on any atom is -0.368 e. The van der Waals surface area contributed by atoms with Crippen molar-refractivity contribution >= 4 is 42.3 Å². The number of piperazine rings is 1. The molecule has 0 saturated carbocycles. The highest BCUT2D eigenvalue weighted by molar-refractivity contribution is 5.85. The summed E-state index contributed by atoms with van der Waals surface area (Å²) in [6.07, 6.45) is -0.707. The third-order valence-electron chi connectivity index (χ3n) is 4.90. The van der Waals surface area contributed by atoms with Crippen LogP contribution >= 0.6 is 24.8 Å². The molecular weight excluding hydrogens is 394 g/mol. The van der Waals surface area contributed by atoms with Crippen molar-refractivity contribution in [2.45, 2.75) is 32.1 Å². The quantitative estimate of drug-likeness (QED) is 0.774. The number of nitrogens with one attached hydrogen (secondary N) is 2. The van der Waals surface area contributed by atoms with Gasteiger partial charge in [0.2, 0.25) is 11.8 Å². The Kier molecular flexibility index (Phi) is 9.29. The van der Waals surface area contributed by atoms with E-state index in [9.17, 15) is 14.0 Å². The predicted octanol–water partition coefficient (Wildman–Crippen LogP) is 1.51. The molecule has 2 fully saturated rings. The number of benzene rings is 1. The molecule has 2 saturated heterocycles. The van der Waals surface area contributed by atoms with E-state index in [2.05, 4.69) is 15.5 Å². The van der Waals surface area contributed by atoms with Gasteiger partial charge in [-0.2, -0.15) is 0 Å². The van der Waals surface area contributed by atoms with E-state index in [1.807, 2.05) is 29.2 Å². The van der Waals surface area contributed by atoms with Crippen molar-refractivity contribution in [1.29, 1.82) is 0 Å². The Morgan fingerprint density at radius 3 is 2.44 bits per heavy atom. The summed E-state index contributed by atoms with van der Waals surface area (Å²) in [5.74, 6) is -0.0493. The van der Waals surface area contributed by atoms with Crippen LogP contribution in [0.15, 0.2) is 24.3 Å². The number of rotatable bonds is 4. The zero-order valence-electron chi connectivity index (χ0n) is 15.3. The van der Waals surface area contributed by atoms with E-state index in [1.165, 1.54) is 0 Å². The number of hydrogen-bond acceptors (Lipinski definition) is 4. The largest absolute Gasteiger partial charge is 0.368 e. The first-order valence-electron chi connectivity index (χ1n) is 8.78. The van der Waals surface area contributed by atoms with Crippen molar-refractivity contribution in [3.8, 4) is 0 Å². The van der Waals surface area contributed by atoms with Crippen molar-refractivity contribution in [1.82, 2.24) is 15.5 Å². The van der Waals surface area contributed by atoms with E-state index in [4.69, 9.17) is 0 Å². The Hall–Kier alpha value is -1.57. The third kappa shape index (κ3) is 5.96. The van der Waals surface area contributed by atoms with Crippen LogP contribution in [0.4, 0.5) is 10.1 Å². The molecule has 0 unspecified atom stereocenters. The molecule has 2 atom stereocenters. The Balaban J connectivity index is 0.00000182. The summed E-state index contributed by atoms with van der Waals surface area (Å²) in [7, 11) is 0. The average Bonchev–Trinajstić information content (AvgIpc) is 3.06. The molecule has 27 heavy (non-hydrogen) atoms. The summed E-state index contributed by atoms with van der Waals surface area (Å²) >= 11 is 0. The van der Waals surface area contributed by atoms with E-state index < -0.39 is 12.2 Å². The molecule has 0 radical (unpaired) electrons. The fourth-order valence-electron chi connectivity index (χ4n) is 3.43. The van der Waals surface area contributed by atoms with Crippen molar-refractivity contribution < 1.29 is 14.0 Å². The van der Waals surface area contributed by atoms with Gasteiger partial charge in [-0.3, -0.25) is 9.59 Å². The van der Waals surface area contributed by atoms with Crippen molar-refractivity contribution in [2.24, 2.45) is 0 Å². The highest BCUT2D eigenvalue weighted by Crippen LogP contribution is 2.22. The molecule has 2 N–H and O–H groups in total. The number of hydrogen-bond donors (Lipinski definition) is 2. The Labute approximate surface area is 171 Å². The van der Waals surface area contributed by atoms with Gasteiger partial charge in [-0.25, -0.2) is 4.39 Å². The van der Waals surface area contributed by atoms with Crippen molar-refractivity contribution in [3.05, 3.63) is 29.8 Å². The van der Waals surface area contributed by atoms with Crippen LogP contribution < -0.4 is 15.5 Å². The lowest BCUT2D eigenvalue weighted by Gasteiger charge is -2.36. The van der Waals surface area contributed by atoms with Gasteiger partial charge in [0.15, 0.2) is 0 Å². The number of carbonyl (C=O) groups excluding carboxylic acids is 2. The lowest BCUT2D eigenvalue weighted by atomic mass is 10.1. The molecular formula is C18H27Cl2FN4O2. The summed E-state index contributed by atoms with van der Waals surface area (Å²) in [4.78, 5) is 27.7. The Morgan fingerprint density at radius 2 is 1.85 bits per heavy atom. The zero-order chi connectivity index (χ0) is 17.8. The summed E-state index contributed by atoms with van der Waals surface area (Å²) in [6, 6.07) is 7.51. The number of para-hydroxylation sites is 1. The Bertz CT molecular complexity index is 642. The van der Waals surface area contributed by atoms with Gasteiger partial charge in [0, 0.05) is 58.3 Å². The number of anilines is 1. The SMILES string of the molecule is CC(=O)N1CCN(c2ccccc2CNC(=O)[C@H]2C[C@H](F)CN2)CC1.Cl.Cl. The highest BCUT2D eigenvalue weighted by atomic mass is 35.5. The molecule has 2 aliphatic heterocycles. The number of alkyl halides is 1. The molecule has 2 amide bonds. The van der Waals surface area contributed by atoms with Crippen LogP contribution in [0.25, 0.3) is 0 Å². The van der Waals surface area contributed by atoms with Gasteiger partial charge in [0.05, 0.1) is 6.04 Å². The number of halogens is 3. The molecule has 0 bridgehead atoms. The first kappa shape index (κ1) is 23.5. The highest BCUT2D eigenvalue weighted by Gasteiger charge is 2.29. The van der Waals surface area contributed by atoms with Crippen molar-refractivity contribution in [2.75, 3.05) is 37.6 Å². The van der Waals surface area contributed by atoms with Crippen LogP contribution in [0.1, 0.15) is 18.9 Å².